The van der Waals surface area contributed by atoms with E-state index in [9.17, 15) is 0 Å². The molecule has 0 saturated heterocycles. The molecule has 12 aromatic rings. The number of para-hydroxylation sites is 2. The maximum Gasteiger partial charge on any atom is 0.238 e. The summed E-state index contributed by atoms with van der Waals surface area (Å²) in [4.78, 5) is 15.8. The highest BCUT2D eigenvalue weighted by atomic mass is 16.3. The van der Waals surface area contributed by atoms with E-state index in [1.165, 1.54) is 0 Å². The molecule has 0 spiro atoms. The summed E-state index contributed by atoms with van der Waals surface area (Å²) >= 11 is 0. The lowest BCUT2D eigenvalue weighted by atomic mass is 9.99. The zero-order chi connectivity index (χ0) is 37.5. The quantitative estimate of drug-likeness (QED) is 0.176. The SMILES string of the molecule is c1ccc(-c2cccc(-c3nc(-c4ccc5c(c4)oc4cccc(-c6ccccc6)c45)nc(-n4c5ccccc5c5cc6oc7ccccc7c6cc54)n3)c2)cc1. The van der Waals surface area contributed by atoms with E-state index in [0.717, 1.165) is 99.1 Å². The lowest BCUT2D eigenvalue weighted by molar-refractivity contribution is 0.669. The van der Waals surface area contributed by atoms with Crippen molar-refractivity contribution in [3.05, 3.63) is 182 Å². The fraction of sp³-hybridized carbons (Fsp3) is 0. The Hall–Kier alpha value is -7.83. The van der Waals surface area contributed by atoms with Crippen LogP contribution in [0.4, 0.5) is 0 Å². The molecule has 0 radical (unpaired) electrons. The molecule has 0 aliphatic carbocycles. The molecule has 4 aromatic heterocycles. The standard InChI is InChI=1S/C51H30N4O2/c1-3-13-31(14-4-1)33-17-11-18-34(27-33)49-52-50(35-25-26-39-46(28-35)57-45-24-12-21-36(48(39)45)32-15-5-2-6-16-32)54-51(53-49)55-42-22-9-7-19-37(42)40-30-47-41(29-43(40)55)38-20-8-10-23-44(38)56-47/h1-30H. The van der Waals surface area contributed by atoms with Crippen molar-refractivity contribution >= 4 is 65.7 Å². The molecular formula is C51H30N4O2. The largest absolute Gasteiger partial charge is 0.456 e. The summed E-state index contributed by atoms with van der Waals surface area (Å²) in [6.07, 6.45) is 0. The molecule has 0 bridgehead atoms. The molecule has 0 atom stereocenters. The highest BCUT2D eigenvalue weighted by Crippen LogP contribution is 2.40. The third kappa shape index (κ3) is 5.01. The molecule has 8 aromatic carbocycles. The van der Waals surface area contributed by atoms with Crippen molar-refractivity contribution in [1.29, 1.82) is 0 Å². The van der Waals surface area contributed by atoms with Crippen LogP contribution in [0.25, 0.3) is 117 Å². The van der Waals surface area contributed by atoms with Gasteiger partial charge in [-0.25, -0.2) is 4.98 Å². The number of hydrogen-bond donors (Lipinski definition) is 0. The van der Waals surface area contributed by atoms with Crippen molar-refractivity contribution in [3.63, 3.8) is 0 Å². The molecule has 0 aliphatic rings. The average molecular weight is 731 g/mol. The molecule has 0 saturated carbocycles. The Morgan fingerprint density at radius 3 is 1.81 bits per heavy atom. The van der Waals surface area contributed by atoms with Crippen molar-refractivity contribution in [2.75, 3.05) is 0 Å². The van der Waals surface area contributed by atoms with E-state index < -0.39 is 0 Å². The van der Waals surface area contributed by atoms with Gasteiger partial charge in [0.1, 0.15) is 22.3 Å². The molecule has 266 valence electrons. The van der Waals surface area contributed by atoms with Crippen LogP contribution in [0.5, 0.6) is 0 Å². The molecule has 6 heteroatoms. The molecule has 12 rings (SSSR count). The van der Waals surface area contributed by atoms with Gasteiger partial charge in [0.15, 0.2) is 11.6 Å². The van der Waals surface area contributed by atoms with Gasteiger partial charge in [-0.3, -0.25) is 4.57 Å². The van der Waals surface area contributed by atoms with E-state index in [1.54, 1.807) is 0 Å². The second-order valence-corrected chi connectivity index (χ2v) is 14.4. The number of benzene rings is 8. The van der Waals surface area contributed by atoms with Gasteiger partial charge in [0.25, 0.3) is 0 Å². The number of rotatable bonds is 5. The summed E-state index contributed by atoms with van der Waals surface area (Å²) in [5.41, 5.74) is 11.5. The van der Waals surface area contributed by atoms with Crippen LogP contribution in [0.3, 0.4) is 0 Å². The normalized spacial score (nSPS) is 11.9. The Kier molecular flexibility index (Phi) is 6.83. The highest BCUT2D eigenvalue weighted by molar-refractivity contribution is 6.17. The Balaban J connectivity index is 1.11. The van der Waals surface area contributed by atoms with Crippen LogP contribution in [0.15, 0.2) is 191 Å². The van der Waals surface area contributed by atoms with Gasteiger partial charge in [-0.15, -0.1) is 0 Å². The summed E-state index contributed by atoms with van der Waals surface area (Å²) in [5.74, 6) is 1.64. The molecule has 0 unspecified atom stereocenters. The predicted octanol–water partition coefficient (Wildman–Crippen LogP) is 13.4. The first kappa shape index (κ1) is 31.5. The van der Waals surface area contributed by atoms with Gasteiger partial charge in [-0.05, 0) is 70.8 Å². The lowest BCUT2D eigenvalue weighted by Gasteiger charge is -2.12. The van der Waals surface area contributed by atoms with Crippen molar-refractivity contribution < 1.29 is 8.83 Å². The second kappa shape index (κ2) is 12.3. The third-order valence-electron chi connectivity index (χ3n) is 11.1. The van der Waals surface area contributed by atoms with Crippen LogP contribution < -0.4 is 0 Å². The summed E-state index contributed by atoms with van der Waals surface area (Å²) in [7, 11) is 0. The molecule has 0 aliphatic heterocycles. The summed E-state index contributed by atoms with van der Waals surface area (Å²) in [6, 6.07) is 62.7. The highest BCUT2D eigenvalue weighted by Gasteiger charge is 2.21. The van der Waals surface area contributed by atoms with Gasteiger partial charge in [0.2, 0.25) is 5.95 Å². The number of nitrogens with zero attached hydrogens (tertiary/aromatic N) is 4. The third-order valence-corrected chi connectivity index (χ3v) is 11.1. The van der Waals surface area contributed by atoms with E-state index in [4.69, 9.17) is 23.8 Å². The molecular weight excluding hydrogens is 701 g/mol. The first-order valence-corrected chi connectivity index (χ1v) is 19.0. The average Bonchev–Trinajstić information content (AvgIpc) is 3.95. The van der Waals surface area contributed by atoms with Crippen LogP contribution in [-0.4, -0.2) is 19.5 Å². The summed E-state index contributed by atoms with van der Waals surface area (Å²) in [5, 5.41) is 6.38. The van der Waals surface area contributed by atoms with Crippen LogP contribution in [0, 0.1) is 0 Å². The predicted molar refractivity (Wildman–Crippen MR) is 230 cm³/mol. The summed E-state index contributed by atoms with van der Waals surface area (Å²) in [6.45, 7) is 0. The first-order chi connectivity index (χ1) is 28.2. The Bertz CT molecular complexity index is 3530. The van der Waals surface area contributed by atoms with E-state index in [1.807, 2.05) is 42.5 Å². The Morgan fingerprint density at radius 1 is 0.333 bits per heavy atom. The van der Waals surface area contributed by atoms with Crippen molar-refractivity contribution in [3.8, 4) is 51.0 Å². The number of aromatic nitrogens is 4. The van der Waals surface area contributed by atoms with Gasteiger partial charge in [-0.2, -0.15) is 9.97 Å². The van der Waals surface area contributed by atoms with Crippen LogP contribution in [0.1, 0.15) is 0 Å². The van der Waals surface area contributed by atoms with Crippen LogP contribution in [0.2, 0.25) is 0 Å². The number of furan rings is 2. The fourth-order valence-corrected chi connectivity index (χ4v) is 8.42. The number of hydrogen-bond acceptors (Lipinski definition) is 5. The monoisotopic (exact) mass is 730 g/mol. The minimum Gasteiger partial charge on any atom is -0.456 e. The van der Waals surface area contributed by atoms with Crippen molar-refractivity contribution in [2.45, 2.75) is 0 Å². The maximum atomic E-state index is 6.56. The van der Waals surface area contributed by atoms with Gasteiger partial charge >= 0.3 is 0 Å². The smallest absolute Gasteiger partial charge is 0.238 e. The Labute approximate surface area is 325 Å². The fourth-order valence-electron chi connectivity index (χ4n) is 8.42. The topological polar surface area (TPSA) is 69.9 Å². The van der Waals surface area contributed by atoms with Crippen molar-refractivity contribution in [2.24, 2.45) is 0 Å². The van der Waals surface area contributed by atoms with E-state index in [0.29, 0.717) is 17.6 Å². The molecule has 0 fully saturated rings. The number of fused-ring (bicyclic) bond motifs is 9. The van der Waals surface area contributed by atoms with E-state index in [2.05, 4.69) is 144 Å². The minimum absolute atomic E-state index is 0.523. The second-order valence-electron chi connectivity index (χ2n) is 14.4. The van der Waals surface area contributed by atoms with E-state index in [-0.39, 0.29) is 0 Å². The zero-order valence-corrected chi connectivity index (χ0v) is 30.4. The minimum atomic E-state index is 0.523. The molecule has 0 N–H and O–H groups in total. The summed E-state index contributed by atoms with van der Waals surface area (Å²) < 4.78 is 15.1. The lowest BCUT2D eigenvalue weighted by Crippen LogP contribution is -2.06. The van der Waals surface area contributed by atoms with Crippen molar-refractivity contribution in [1.82, 2.24) is 19.5 Å². The van der Waals surface area contributed by atoms with Gasteiger partial charge in [-0.1, -0.05) is 133 Å². The Morgan fingerprint density at radius 2 is 0.965 bits per heavy atom. The zero-order valence-electron chi connectivity index (χ0n) is 30.4. The van der Waals surface area contributed by atoms with Gasteiger partial charge in [0, 0.05) is 43.4 Å². The molecule has 6 nitrogen and oxygen atoms in total. The van der Waals surface area contributed by atoms with Gasteiger partial charge in [0.05, 0.1) is 11.0 Å². The first-order valence-electron chi connectivity index (χ1n) is 19.0. The molecule has 57 heavy (non-hydrogen) atoms. The molecule has 4 heterocycles. The van der Waals surface area contributed by atoms with E-state index >= 15 is 0 Å². The van der Waals surface area contributed by atoms with Crippen LogP contribution in [-0.2, 0) is 0 Å². The molecule has 0 amide bonds. The van der Waals surface area contributed by atoms with Gasteiger partial charge < -0.3 is 8.83 Å². The maximum absolute atomic E-state index is 6.56. The van der Waals surface area contributed by atoms with Crippen LogP contribution >= 0.6 is 0 Å².